The van der Waals surface area contributed by atoms with Crippen LogP contribution in [0.2, 0.25) is 5.02 Å². The van der Waals surface area contributed by atoms with Crippen molar-refractivity contribution in [1.82, 2.24) is 9.78 Å². The standard InChI is InChI=1S/C15H19ClN2O3/c1-9(2)18-14(13(16)8-17-18)15(19)10-5-11(20-3)7-12(6-10)21-4/h5-9,15,19H,1-4H3. The van der Waals surface area contributed by atoms with Gasteiger partial charge in [0.25, 0.3) is 0 Å². The number of methoxy groups -OCH3 is 2. The van der Waals surface area contributed by atoms with Crippen LogP contribution in [0.5, 0.6) is 11.5 Å². The van der Waals surface area contributed by atoms with Crippen molar-refractivity contribution >= 4 is 11.6 Å². The average Bonchev–Trinajstić information content (AvgIpc) is 2.87. The Bertz CT molecular complexity index is 603. The molecule has 0 aliphatic carbocycles. The molecule has 6 heteroatoms. The zero-order chi connectivity index (χ0) is 15.6. The first kappa shape index (κ1) is 15.7. The van der Waals surface area contributed by atoms with Gasteiger partial charge in [0.1, 0.15) is 17.6 Å². The van der Waals surface area contributed by atoms with Crippen molar-refractivity contribution in [2.75, 3.05) is 14.2 Å². The molecule has 5 nitrogen and oxygen atoms in total. The van der Waals surface area contributed by atoms with E-state index in [1.807, 2.05) is 13.8 Å². The van der Waals surface area contributed by atoms with Crippen LogP contribution in [-0.2, 0) is 0 Å². The molecule has 21 heavy (non-hydrogen) atoms. The molecule has 0 spiro atoms. The number of nitrogens with zero attached hydrogens (tertiary/aromatic N) is 2. The molecule has 0 fully saturated rings. The first-order chi connectivity index (χ1) is 9.97. The summed E-state index contributed by atoms with van der Waals surface area (Å²) in [5.41, 5.74) is 1.19. The maximum atomic E-state index is 10.7. The van der Waals surface area contributed by atoms with Crippen molar-refractivity contribution in [3.05, 3.63) is 40.7 Å². The summed E-state index contributed by atoms with van der Waals surface area (Å²) in [4.78, 5) is 0. The Kier molecular flexibility index (Phi) is 4.75. The molecule has 0 saturated carbocycles. The molecule has 1 heterocycles. The van der Waals surface area contributed by atoms with Gasteiger partial charge in [0.15, 0.2) is 0 Å². The fraction of sp³-hybridized carbons (Fsp3) is 0.400. The Morgan fingerprint density at radius 3 is 2.19 bits per heavy atom. The summed E-state index contributed by atoms with van der Waals surface area (Å²) < 4.78 is 12.2. The van der Waals surface area contributed by atoms with E-state index in [1.54, 1.807) is 37.1 Å². The van der Waals surface area contributed by atoms with Gasteiger partial charge in [-0.1, -0.05) is 11.6 Å². The smallest absolute Gasteiger partial charge is 0.122 e. The van der Waals surface area contributed by atoms with Crippen LogP contribution in [0.4, 0.5) is 0 Å². The summed E-state index contributed by atoms with van der Waals surface area (Å²) >= 11 is 6.18. The molecule has 1 aromatic heterocycles. The van der Waals surface area contributed by atoms with Gasteiger partial charge in [-0.2, -0.15) is 5.10 Å². The molecule has 1 N–H and O–H groups in total. The number of aromatic nitrogens is 2. The van der Waals surface area contributed by atoms with Crippen LogP contribution >= 0.6 is 11.6 Å². The summed E-state index contributed by atoms with van der Waals surface area (Å²) in [5, 5.41) is 15.3. The van der Waals surface area contributed by atoms with Gasteiger partial charge < -0.3 is 14.6 Å². The Labute approximate surface area is 129 Å². The second-order valence-electron chi connectivity index (χ2n) is 4.96. The van der Waals surface area contributed by atoms with Crippen LogP contribution in [0.3, 0.4) is 0 Å². The molecule has 2 rings (SSSR count). The molecule has 114 valence electrons. The molecule has 2 aromatic rings. The highest BCUT2D eigenvalue weighted by atomic mass is 35.5. The summed E-state index contributed by atoms with van der Waals surface area (Å²) in [6.45, 7) is 3.96. The Balaban J connectivity index is 2.49. The SMILES string of the molecule is COc1cc(OC)cc(C(O)c2c(Cl)cnn2C(C)C)c1. The summed E-state index contributed by atoms with van der Waals surface area (Å²) in [6.07, 6.45) is 0.628. The van der Waals surface area contributed by atoms with E-state index in [2.05, 4.69) is 5.10 Å². The lowest BCUT2D eigenvalue weighted by Gasteiger charge is -2.18. The van der Waals surface area contributed by atoms with Gasteiger partial charge >= 0.3 is 0 Å². The monoisotopic (exact) mass is 310 g/mol. The van der Waals surface area contributed by atoms with E-state index >= 15 is 0 Å². The van der Waals surface area contributed by atoms with Crippen LogP contribution < -0.4 is 9.47 Å². The molecular weight excluding hydrogens is 292 g/mol. The van der Waals surface area contributed by atoms with Gasteiger partial charge in [0.2, 0.25) is 0 Å². The summed E-state index contributed by atoms with van der Waals surface area (Å²) in [5.74, 6) is 1.21. The molecule has 1 atom stereocenters. The predicted molar refractivity (Wildman–Crippen MR) is 81.2 cm³/mol. The van der Waals surface area contributed by atoms with E-state index in [-0.39, 0.29) is 6.04 Å². The summed E-state index contributed by atoms with van der Waals surface area (Å²) in [6, 6.07) is 5.34. The second-order valence-corrected chi connectivity index (χ2v) is 5.37. The highest BCUT2D eigenvalue weighted by Crippen LogP contribution is 2.33. The third kappa shape index (κ3) is 3.14. The van der Waals surface area contributed by atoms with Crippen LogP contribution in [0, 0.1) is 0 Å². The van der Waals surface area contributed by atoms with Crippen LogP contribution in [0.15, 0.2) is 24.4 Å². The highest BCUT2D eigenvalue weighted by molar-refractivity contribution is 6.31. The fourth-order valence-electron chi connectivity index (χ4n) is 2.16. The topological polar surface area (TPSA) is 56.5 Å². The molecule has 0 radical (unpaired) electrons. The van der Waals surface area contributed by atoms with Gasteiger partial charge in [-0.3, -0.25) is 4.68 Å². The first-order valence-electron chi connectivity index (χ1n) is 6.61. The number of aliphatic hydroxyl groups is 1. The molecule has 1 aromatic carbocycles. The number of halogens is 1. The molecular formula is C15H19ClN2O3. The minimum atomic E-state index is -0.911. The number of hydrogen-bond donors (Lipinski definition) is 1. The lowest BCUT2D eigenvalue weighted by atomic mass is 10.1. The minimum Gasteiger partial charge on any atom is -0.497 e. The number of aliphatic hydroxyl groups excluding tert-OH is 1. The van der Waals surface area contributed by atoms with Crippen LogP contribution in [-0.4, -0.2) is 29.1 Å². The Hall–Kier alpha value is -1.72. The normalized spacial score (nSPS) is 12.5. The van der Waals surface area contributed by atoms with Crippen molar-refractivity contribution in [2.45, 2.75) is 26.0 Å². The Morgan fingerprint density at radius 2 is 1.71 bits per heavy atom. The number of rotatable bonds is 5. The van der Waals surface area contributed by atoms with E-state index in [0.717, 1.165) is 0 Å². The third-order valence-corrected chi connectivity index (χ3v) is 3.52. The van der Waals surface area contributed by atoms with Crippen molar-refractivity contribution < 1.29 is 14.6 Å². The molecule has 0 amide bonds. The lowest BCUT2D eigenvalue weighted by molar-refractivity contribution is 0.204. The van der Waals surface area contributed by atoms with Crippen molar-refractivity contribution in [1.29, 1.82) is 0 Å². The molecule has 1 unspecified atom stereocenters. The van der Waals surface area contributed by atoms with E-state index in [4.69, 9.17) is 21.1 Å². The van der Waals surface area contributed by atoms with Gasteiger partial charge in [-0.05, 0) is 31.5 Å². The molecule has 0 aliphatic rings. The largest absolute Gasteiger partial charge is 0.497 e. The van der Waals surface area contributed by atoms with E-state index < -0.39 is 6.10 Å². The van der Waals surface area contributed by atoms with Gasteiger partial charge in [0.05, 0.1) is 31.1 Å². The van der Waals surface area contributed by atoms with Gasteiger partial charge in [0, 0.05) is 12.1 Å². The first-order valence-corrected chi connectivity index (χ1v) is 6.99. The lowest BCUT2D eigenvalue weighted by Crippen LogP contribution is -2.12. The van der Waals surface area contributed by atoms with Gasteiger partial charge in [-0.15, -0.1) is 0 Å². The average molecular weight is 311 g/mol. The van der Waals surface area contributed by atoms with Crippen molar-refractivity contribution in [3.8, 4) is 11.5 Å². The number of benzene rings is 1. The minimum absolute atomic E-state index is 0.0923. The van der Waals surface area contributed by atoms with E-state index in [9.17, 15) is 5.11 Å². The third-order valence-electron chi connectivity index (χ3n) is 3.22. The molecule has 0 aliphatic heterocycles. The Morgan fingerprint density at radius 1 is 1.14 bits per heavy atom. The highest BCUT2D eigenvalue weighted by Gasteiger charge is 2.22. The molecule has 0 saturated heterocycles. The van der Waals surface area contributed by atoms with E-state index in [0.29, 0.717) is 27.8 Å². The molecule has 0 bridgehead atoms. The van der Waals surface area contributed by atoms with Crippen molar-refractivity contribution in [3.63, 3.8) is 0 Å². The maximum Gasteiger partial charge on any atom is 0.122 e. The summed E-state index contributed by atoms with van der Waals surface area (Å²) in [7, 11) is 3.13. The van der Waals surface area contributed by atoms with Crippen LogP contribution in [0.1, 0.15) is 37.3 Å². The zero-order valence-electron chi connectivity index (χ0n) is 12.5. The quantitative estimate of drug-likeness (QED) is 0.921. The van der Waals surface area contributed by atoms with Crippen LogP contribution in [0.25, 0.3) is 0 Å². The second kappa shape index (κ2) is 6.37. The number of ether oxygens (including phenoxy) is 2. The van der Waals surface area contributed by atoms with Crippen molar-refractivity contribution in [2.24, 2.45) is 0 Å². The maximum absolute atomic E-state index is 10.7. The van der Waals surface area contributed by atoms with E-state index in [1.165, 1.54) is 6.20 Å². The number of hydrogen-bond acceptors (Lipinski definition) is 4. The fourth-order valence-corrected chi connectivity index (χ4v) is 2.40. The van der Waals surface area contributed by atoms with Gasteiger partial charge in [-0.25, -0.2) is 0 Å². The zero-order valence-corrected chi connectivity index (χ0v) is 13.3. The predicted octanol–water partition coefficient (Wildman–Crippen LogP) is 3.22.